The van der Waals surface area contributed by atoms with Crippen LogP contribution in [0.4, 0.5) is 0 Å². The molecule has 0 nitrogen and oxygen atoms in total. The summed E-state index contributed by atoms with van der Waals surface area (Å²) in [5.41, 5.74) is 0. The van der Waals surface area contributed by atoms with Crippen molar-refractivity contribution in [1.29, 1.82) is 0 Å². The average Bonchev–Trinajstić information content (AvgIpc) is 2.63. The second-order valence-electron chi connectivity index (χ2n) is 3.15. The fourth-order valence-electron chi connectivity index (χ4n) is 1.30. The SMILES string of the molecule is CC(CCCBr)C1CC1. The van der Waals surface area contributed by atoms with Crippen molar-refractivity contribution in [2.75, 3.05) is 5.33 Å². The van der Waals surface area contributed by atoms with Gasteiger partial charge in [-0.2, -0.15) is 0 Å². The van der Waals surface area contributed by atoms with E-state index in [9.17, 15) is 0 Å². The highest BCUT2D eigenvalue weighted by Crippen LogP contribution is 2.38. The maximum Gasteiger partial charge on any atom is 0.00314 e. The van der Waals surface area contributed by atoms with Gasteiger partial charge in [0.15, 0.2) is 0 Å². The van der Waals surface area contributed by atoms with Crippen molar-refractivity contribution in [3.05, 3.63) is 0 Å². The summed E-state index contributed by atoms with van der Waals surface area (Å²) in [5, 5.41) is 1.18. The summed E-state index contributed by atoms with van der Waals surface area (Å²) in [6.07, 6.45) is 5.79. The van der Waals surface area contributed by atoms with E-state index in [1.165, 1.54) is 31.0 Å². The summed E-state index contributed by atoms with van der Waals surface area (Å²) >= 11 is 3.45. The minimum Gasteiger partial charge on any atom is -0.0928 e. The molecule has 0 radical (unpaired) electrons. The van der Waals surface area contributed by atoms with Crippen LogP contribution in [0.2, 0.25) is 0 Å². The molecule has 0 aromatic rings. The highest BCUT2D eigenvalue weighted by atomic mass is 79.9. The monoisotopic (exact) mass is 190 g/mol. The van der Waals surface area contributed by atoms with Crippen molar-refractivity contribution in [2.24, 2.45) is 11.8 Å². The van der Waals surface area contributed by atoms with Crippen molar-refractivity contribution >= 4 is 15.9 Å². The minimum absolute atomic E-state index is 1.00. The van der Waals surface area contributed by atoms with Crippen LogP contribution in [-0.4, -0.2) is 5.33 Å². The first-order valence-corrected chi connectivity index (χ1v) is 5.02. The van der Waals surface area contributed by atoms with Gasteiger partial charge in [-0.1, -0.05) is 22.9 Å². The van der Waals surface area contributed by atoms with Crippen molar-refractivity contribution in [1.82, 2.24) is 0 Å². The first-order valence-electron chi connectivity index (χ1n) is 3.90. The molecule has 1 fully saturated rings. The van der Waals surface area contributed by atoms with Gasteiger partial charge in [-0.25, -0.2) is 0 Å². The van der Waals surface area contributed by atoms with Gasteiger partial charge in [0.25, 0.3) is 0 Å². The van der Waals surface area contributed by atoms with Gasteiger partial charge < -0.3 is 0 Å². The van der Waals surface area contributed by atoms with Gasteiger partial charge in [0.2, 0.25) is 0 Å². The van der Waals surface area contributed by atoms with Crippen LogP contribution >= 0.6 is 15.9 Å². The lowest BCUT2D eigenvalue weighted by Gasteiger charge is -2.06. The molecule has 1 aliphatic carbocycles. The van der Waals surface area contributed by atoms with E-state index < -0.39 is 0 Å². The van der Waals surface area contributed by atoms with E-state index in [2.05, 4.69) is 22.9 Å². The van der Waals surface area contributed by atoms with Crippen molar-refractivity contribution in [3.63, 3.8) is 0 Å². The zero-order valence-corrected chi connectivity index (χ0v) is 7.65. The standard InChI is InChI=1S/C8H15Br/c1-7(3-2-6-9)8-4-5-8/h7-8H,2-6H2,1H3. The highest BCUT2D eigenvalue weighted by Gasteiger charge is 2.26. The molecule has 1 atom stereocenters. The molecule has 1 heteroatoms. The van der Waals surface area contributed by atoms with E-state index in [4.69, 9.17) is 0 Å². The summed E-state index contributed by atoms with van der Waals surface area (Å²) < 4.78 is 0. The third-order valence-electron chi connectivity index (χ3n) is 2.22. The molecule has 0 aromatic heterocycles. The number of rotatable bonds is 4. The van der Waals surface area contributed by atoms with E-state index in [1.54, 1.807) is 0 Å². The van der Waals surface area contributed by atoms with Crippen molar-refractivity contribution in [3.8, 4) is 0 Å². The van der Waals surface area contributed by atoms with Gasteiger partial charge in [-0.05, 0) is 37.5 Å². The Balaban J connectivity index is 1.96. The van der Waals surface area contributed by atoms with Gasteiger partial charge in [0.05, 0.1) is 0 Å². The van der Waals surface area contributed by atoms with Crippen LogP contribution in [0.1, 0.15) is 32.6 Å². The fraction of sp³-hybridized carbons (Fsp3) is 1.00. The number of hydrogen-bond acceptors (Lipinski definition) is 0. The van der Waals surface area contributed by atoms with Gasteiger partial charge in [0, 0.05) is 5.33 Å². The van der Waals surface area contributed by atoms with E-state index in [1.807, 2.05) is 0 Å². The second kappa shape index (κ2) is 3.60. The second-order valence-corrected chi connectivity index (χ2v) is 3.94. The molecule has 1 saturated carbocycles. The van der Waals surface area contributed by atoms with Crippen LogP contribution in [0.25, 0.3) is 0 Å². The lowest BCUT2D eigenvalue weighted by Crippen LogP contribution is -1.96. The highest BCUT2D eigenvalue weighted by molar-refractivity contribution is 9.09. The van der Waals surface area contributed by atoms with E-state index >= 15 is 0 Å². The molecule has 54 valence electrons. The Morgan fingerprint density at radius 1 is 1.56 bits per heavy atom. The number of alkyl halides is 1. The van der Waals surface area contributed by atoms with Crippen LogP contribution in [-0.2, 0) is 0 Å². The largest absolute Gasteiger partial charge is 0.0928 e. The molecule has 9 heavy (non-hydrogen) atoms. The molecule has 0 N–H and O–H groups in total. The average molecular weight is 191 g/mol. The predicted molar refractivity (Wildman–Crippen MR) is 44.9 cm³/mol. The van der Waals surface area contributed by atoms with Crippen molar-refractivity contribution < 1.29 is 0 Å². The molecule has 0 bridgehead atoms. The molecular weight excluding hydrogens is 176 g/mol. The Hall–Kier alpha value is 0.480. The lowest BCUT2D eigenvalue weighted by atomic mass is 10.0. The molecule has 1 rings (SSSR count). The Bertz CT molecular complexity index is 76.6. The third-order valence-corrected chi connectivity index (χ3v) is 2.78. The summed E-state index contributed by atoms with van der Waals surface area (Å²) in [7, 11) is 0. The molecule has 0 amide bonds. The van der Waals surface area contributed by atoms with Gasteiger partial charge >= 0.3 is 0 Å². The maximum absolute atomic E-state index is 3.45. The van der Waals surface area contributed by atoms with Crippen LogP contribution in [0.3, 0.4) is 0 Å². The van der Waals surface area contributed by atoms with Crippen LogP contribution in [0.5, 0.6) is 0 Å². The Morgan fingerprint density at radius 2 is 2.22 bits per heavy atom. The van der Waals surface area contributed by atoms with Gasteiger partial charge in [-0.3, -0.25) is 0 Å². The van der Waals surface area contributed by atoms with E-state index in [-0.39, 0.29) is 0 Å². The molecule has 0 aromatic carbocycles. The third kappa shape index (κ3) is 2.70. The first-order chi connectivity index (χ1) is 4.34. The molecule has 1 aliphatic rings. The molecule has 1 unspecified atom stereocenters. The van der Waals surface area contributed by atoms with E-state index in [0.29, 0.717) is 0 Å². The topological polar surface area (TPSA) is 0 Å². The maximum atomic E-state index is 3.45. The zero-order chi connectivity index (χ0) is 6.69. The lowest BCUT2D eigenvalue weighted by molar-refractivity contribution is 0.467. The quantitative estimate of drug-likeness (QED) is 0.598. The minimum atomic E-state index is 1.00. The summed E-state index contributed by atoms with van der Waals surface area (Å²) in [4.78, 5) is 0. The summed E-state index contributed by atoms with van der Waals surface area (Å²) in [6.45, 7) is 2.39. The number of halogens is 1. The van der Waals surface area contributed by atoms with Gasteiger partial charge in [0.1, 0.15) is 0 Å². The molecule has 0 aliphatic heterocycles. The summed E-state index contributed by atoms with van der Waals surface area (Å²) in [5.74, 6) is 2.10. The molecule has 0 spiro atoms. The zero-order valence-electron chi connectivity index (χ0n) is 6.07. The fourth-order valence-corrected chi connectivity index (χ4v) is 1.62. The predicted octanol–water partition coefficient (Wildman–Crippen LogP) is 3.21. The van der Waals surface area contributed by atoms with Crippen LogP contribution in [0, 0.1) is 11.8 Å². The first kappa shape index (κ1) is 7.59. The van der Waals surface area contributed by atoms with Gasteiger partial charge in [-0.15, -0.1) is 0 Å². The summed E-state index contributed by atoms with van der Waals surface area (Å²) in [6, 6.07) is 0. The van der Waals surface area contributed by atoms with Crippen LogP contribution in [0.15, 0.2) is 0 Å². The Morgan fingerprint density at radius 3 is 2.67 bits per heavy atom. The molecule has 0 heterocycles. The van der Waals surface area contributed by atoms with E-state index in [0.717, 1.165) is 11.8 Å². The number of hydrogen-bond donors (Lipinski definition) is 0. The Kier molecular flexibility index (Phi) is 3.03. The smallest absolute Gasteiger partial charge is 0.00314 e. The molecule has 0 saturated heterocycles. The molecular formula is C8H15Br. The normalized spacial score (nSPS) is 22.0. The van der Waals surface area contributed by atoms with Crippen molar-refractivity contribution in [2.45, 2.75) is 32.6 Å². The van der Waals surface area contributed by atoms with Crippen LogP contribution < -0.4 is 0 Å². The Labute approximate surface area is 66.2 Å².